The predicted octanol–water partition coefficient (Wildman–Crippen LogP) is 3.39. The molecule has 0 unspecified atom stereocenters. The molecular formula is C26H27N3O3. The summed E-state index contributed by atoms with van der Waals surface area (Å²) in [6.07, 6.45) is 3.30. The summed E-state index contributed by atoms with van der Waals surface area (Å²) >= 11 is 0. The van der Waals surface area contributed by atoms with Gasteiger partial charge in [-0.3, -0.25) is 14.6 Å². The van der Waals surface area contributed by atoms with Crippen molar-refractivity contribution in [2.24, 2.45) is 0 Å². The zero-order valence-electron chi connectivity index (χ0n) is 18.3. The maximum atomic E-state index is 13.2. The van der Waals surface area contributed by atoms with Crippen LogP contribution >= 0.6 is 0 Å². The Labute approximate surface area is 188 Å². The first kappa shape index (κ1) is 21.6. The van der Waals surface area contributed by atoms with Crippen molar-refractivity contribution in [1.82, 2.24) is 15.2 Å². The molecule has 2 aromatic carbocycles. The van der Waals surface area contributed by atoms with Gasteiger partial charge in [-0.1, -0.05) is 48.0 Å². The van der Waals surface area contributed by atoms with Crippen molar-refractivity contribution in [3.8, 4) is 16.9 Å². The lowest BCUT2D eigenvalue weighted by molar-refractivity contribution is -0.147. The van der Waals surface area contributed by atoms with Crippen molar-refractivity contribution < 1.29 is 14.3 Å². The quantitative estimate of drug-likeness (QED) is 0.652. The van der Waals surface area contributed by atoms with E-state index in [2.05, 4.69) is 10.3 Å². The third-order valence-electron chi connectivity index (χ3n) is 5.65. The Kier molecular flexibility index (Phi) is 6.50. The Morgan fingerprint density at radius 3 is 2.69 bits per heavy atom. The normalized spacial score (nSPS) is 16.9. The number of ether oxygens (including phenoxy) is 1. The number of benzene rings is 2. The van der Waals surface area contributed by atoms with Crippen LogP contribution < -0.4 is 10.1 Å². The van der Waals surface area contributed by atoms with E-state index in [0.717, 1.165) is 22.3 Å². The molecule has 0 bridgehead atoms. The van der Waals surface area contributed by atoms with Crippen LogP contribution in [-0.2, 0) is 16.0 Å². The van der Waals surface area contributed by atoms with Crippen LogP contribution in [0.5, 0.6) is 5.75 Å². The number of hydrogen-bond donors (Lipinski definition) is 1. The summed E-state index contributed by atoms with van der Waals surface area (Å²) < 4.78 is 5.87. The topological polar surface area (TPSA) is 71.5 Å². The number of pyridine rings is 1. The highest BCUT2D eigenvalue weighted by atomic mass is 16.5. The third-order valence-corrected chi connectivity index (χ3v) is 5.65. The minimum Gasteiger partial charge on any atom is -0.481 e. The van der Waals surface area contributed by atoms with Crippen molar-refractivity contribution in [3.05, 3.63) is 84.2 Å². The zero-order chi connectivity index (χ0) is 22.5. The fraction of sp³-hybridized carbons (Fsp3) is 0.269. The Bertz CT molecular complexity index is 1080. The number of aromatic nitrogens is 1. The monoisotopic (exact) mass is 429 g/mol. The molecule has 164 valence electrons. The summed E-state index contributed by atoms with van der Waals surface area (Å²) in [7, 11) is 0. The zero-order valence-corrected chi connectivity index (χ0v) is 18.3. The molecule has 0 saturated carbocycles. The van der Waals surface area contributed by atoms with Crippen molar-refractivity contribution >= 4 is 11.8 Å². The number of rotatable bonds is 6. The van der Waals surface area contributed by atoms with Crippen molar-refractivity contribution in [2.75, 3.05) is 13.1 Å². The van der Waals surface area contributed by atoms with Crippen LogP contribution in [0, 0.1) is 6.92 Å². The summed E-state index contributed by atoms with van der Waals surface area (Å²) in [6, 6.07) is 18.9. The van der Waals surface area contributed by atoms with Crippen molar-refractivity contribution in [1.29, 1.82) is 0 Å². The highest BCUT2D eigenvalue weighted by Gasteiger charge is 2.35. The van der Waals surface area contributed by atoms with E-state index in [-0.39, 0.29) is 11.8 Å². The van der Waals surface area contributed by atoms with Crippen LogP contribution in [0.15, 0.2) is 73.1 Å². The molecule has 32 heavy (non-hydrogen) atoms. The molecule has 0 spiro atoms. The summed E-state index contributed by atoms with van der Waals surface area (Å²) in [5.41, 5.74) is 4.15. The maximum absolute atomic E-state index is 13.2. The molecule has 6 heteroatoms. The Balaban J connectivity index is 1.51. The van der Waals surface area contributed by atoms with E-state index in [1.807, 2.05) is 73.8 Å². The minimum absolute atomic E-state index is 0.140. The number of amides is 2. The van der Waals surface area contributed by atoms with Gasteiger partial charge in [0.1, 0.15) is 11.8 Å². The minimum atomic E-state index is -0.687. The van der Waals surface area contributed by atoms with Crippen LogP contribution in [0.3, 0.4) is 0 Å². The molecule has 2 atom stereocenters. The third kappa shape index (κ3) is 4.97. The molecule has 1 aliphatic heterocycles. The van der Waals surface area contributed by atoms with Gasteiger partial charge < -0.3 is 15.0 Å². The van der Waals surface area contributed by atoms with E-state index < -0.39 is 12.1 Å². The van der Waals surface area contributed by atoms with Gasteiger partial charge in [0.2, 0.25) is 5.91 Å². The van der Waals surface area contributed by atoms with Crippen molar-refractivity contribution in [3.63, 3.8) is 0 Å². The fourth-order valence-corrected chi connectivity index (χ4v) is 3.92. The van der Waals surface area contributed by atoms with Crippen LogP contribution in [-0.4, -0.2) is 46.9 Å². The van der Waals surface area contributed by atoms with Gasteiger partial charge in [0.25, 0.3) is 5.91 Å². The molecule has 1 aromatic heterocycles. The second-order valence-corrected chi connectivity index (χ2v) is 8.06. The van der Waals surface area contributed by atoms with Gasteiger partial charge >= 0.3 is 0 Å². The van der Waals surface area contributed by atoms with Gasteiger partial charge in [0.05, 0.1) is 0 Å². The number of nitrogens with zero attached hydrogens (tertiary/aromatic N) is 2. The van der Waals surface area contributed by atoms with E-state index in [9.17, 15) is 9.59 Å². The smallest absolute Gasteiger partial charge is 0.264 e. The molecule has 1 aliphatic rings. The van der Waals surface area contributed by atoms with Gasteiger partial charge in [0.15, 0.2) is 6.10 Å². The van der Waals surface area contributed by atoms with Gasteiger partial charge in [-0.25, -0.2) is 0 Å². The first-order chi connectivity index (χ1) is 15.5. The number of piperazine rings is 1. The van der Waals surface area contributed by atoms with Gasteiger partial charge in [0, 0.05) is 31.9 Å². The van der Waals surface area contributed by atoms with Gasteiger partial charge in [-0.15, -0.1) is 0 Å². The number of carbonyl (C=O) groups excluding carboxylic acids is 2. The predicted molar refractivity (Wildman–Crippen MR) is 123 cm³/mol. The molecule has 2 heterocycles. The molecule has 1 fully saturated rings. The van der Waals surface area contributed by atoms with Crippen LogP contribution in [0.1, 0.15) is 18.1 Å². The Morgan fingerprint density at radius 2 is 1.94 bits per heavy atom. The number of carbonyl (C=O) groups is 2. The lowest BCUT2D eigenvalue weighted by Crippen LogP contribution is -2.60. The average molecular weight is 430 g/mol. The second kappa shape index (κ2) is 9.64. The summed E-state index contributed by atoms with van der Waals surface area (Å²) in [5, 5.41) is 2.89. The van der Waals surface area contributed by atoms with E-state index >= 15 is 0 Å². The largest absolute Gasteiger partial charge is 0.481 e. The SMILES string of the molecule is Cc1ccc(O[C@H](C)C(=O)N2CCNC(=O)[C@H]2Cc2cccc(-c3cccnc3)c2)cc1. The molecular weight excluding hydrogens is 402 g/mol. The Hall–Kier alpha value is -3.67. The van der Waals surface area contributed by atoms with Crippen molar-refractivity contribution in [2.45, 2.75) is 32.4 Å². The molecule has 1 N–H and O–H groups in total. The first-order valence-electron chi connectivity index (χ1n) is 10.8. The van der Waals surface area contributed by atoms with E-state index in [1.54, 1.807) is 18.0 Å². The molecule has 0 radical (unpaired) electrons. The maximum Gasteiger partial charge on any atom is 0.264 e. The molecule has 3 aromatic rings. The number of aryl methyl sites for hydroxylation is 1. The highest BCUT2D eigenvalue weighted by Crippen LogP contribution is 2.22. The summed E-state index contributed by atoms with van der Waals surface area (Å²) in [5.74, 6) is 0.311. The number of hydrogen-bond acceptors (Lipinski definition) is 4. The molecule has 2 amide bonds. The van der Waals surface area contributed by atoms with Crippen LogP contribution in [0.25, 0.3) is 11.1 Å². The Morgan fingerprint density at radius 1 is 1.16 bits per heavy atom. The van der Waals surface area contributed by atoms with Crippen LogP contribution in [0.2, 0.25) is 0 Å². The fourth-order valence-electron chi connectivity index (χ4n) is 3.92. The van der Waals surface area contributed by atoms with Crippen LogP contribution in [0.4, 0.5) is 0 Å². The second-order valence-electron chi connectivity index (χ2n) is 8.06. The molecule has 4 rings (SSSR count). The highest BCUT2D eigenvalue weighted by molar-refractivity contribution is 5.90. The number of nitrogens with one attached hydrogen (secondary N) is 1. The standard InChI is InChI=1S/C26H27N3O3/c1-18-8-10-23(11-9-18)32-19(2)26(31)29-14-13-28-25(30)24(29)16-20-5-3-6-21(15-20)22-7-4-12-27-17-22/h3-12,15,17,19,24H,13-14,16H2,1-2H3,(H,28,30)/t19-,24-/m1/s1. The molecule has 1 saturated heterocycles. The van der Waals surface area contributed by atoms with Gasteiger partial charge in [-0.2, -0.15) is 0 Å². The average Bonchev–Trinajstić information content (AvgIpc) is 2.82. The molecule has 0 aliphatic carbocycles. The lowest BCUT2D eigenvalue weighted by atomic mass is 9.98. The van der Waals surface area contributed by atoms with E-state index in [0.29, 0.717) is 25.3 Å². The van der Waals surface area contributed by atoms with Gasteiger partial charge in [-0.05, 0) is 48.7 Å². The summed E-state index contributed by atoms with van der Waals surface area (Å²) in [6.45, 7) is 4.63. The molecule has 6 nitrogen and oxygen atoms in total. The lowest BCUT2D eigenvalue weighted by Gasteiger charge is -2.36. The van der Waals surface area contributed by atoms with E-state index in [1.165, 1.54) is 0 Å². The first-order valence-corrected chi connectivity index (χ1v) is 10.8. The summed E-state index contributed by atoms with van der Waals surface area (Å²) in [4.78, 5) is 31.8. The van der Waals surface area contributed by atoms with E-state index in [4.69, 9.17) is 4.74 Å².